The summed E-state index contributed by atoms with van der Waals surface area (Å²) >= 11 is 13.4. The minimum Gasteiger partial charge on any atom is -0.231 e. The van der Waals surface area contributed by atoms with Crippen LogP contribution in [0.1, 0.15) is 42.9 Å². The number of aromatic nitrogens is 2. The van der Waals surface area contributed by atoms with Crippen LogP contribution in [0.4, 0.5) is 0 Å². The monoisotopic (exact) mass is 428 g/mol. The van der Waals surface area contributed by atoms with Gasteiger partial charge in [-0.25, -0.2) is 9.97 Å². The predicted octanol–water partition coefficient (Wildman–Crippen LogP) is 6.29. The third-order valence-electron chi connectivity index (χ3n) is 4.01. The molecule has 1 aromatic heterocycles. The van der Waals surface area contributed by atoms with E-state index in [0.717, 1.165) is 31.6 Å². The average molecular weight is 431 g/mol. The third-order valence-corrected chi connectivity index (χ3v) is 5.78. The van der Waals surface area contributed by atoms with Crippen LogP contribution in [0.5, 0.6) is 0 Å². The SMILES string of the molecule is Cc1cc(Br)ccc1-c1nc(Cl)c(Br)c(C2CCCC2)n1. The molecular formula is C16H15Br2ClN2. The Kier molecular flexibility index (Phi) is 4.67. The highest BCUT2D eigenvalue weighted by Gasteiger charge is 2.24. The Balaban J connectivity index is 2.10. The summed E-state index contributed by atoms with van der Waals surface area (Å²) in [6.07, 6.45) is 4.91. The molecule has 1 aliphatic rings. The number of aryl methyl sites for hydroxylation is 1. The second-order valence-corrected chi connectivity index (χ2v) is 7.54. The van der Waals surface area contributed by atoms with E-state index in [-0.39, 0.29) is 0 Å². The number of halogens is 3. The summed E-state index contributed by atoms with van der Waals surface area (Å²) in [6, 6.07) is 6.12. The molecule has 2 nitrogen and oxygen atoms in total. The lowest BCUT2D eigenvalue weighted by Gasteiger charge is -2.14. The molecule has 21 heavy (non-hydrogen) atoms. The van der Waals surface area contributed by atoms with Gasteiger partial charge < -0.3 is 0 Å². The van der Waals surface area contributed by atoms with E-state index >= 15 is 0 Å². The van der Waals surface area contributed by atoms with Gasteiger partial charge in [0.15, 0.2) is 5.82 Å². The smallest absolute Gasteiger partial charge is 0.161 e. The number of nitrogens with zero attached hydrogens (tertiary/aromatic N) is 2. The van der Waals surface area contributed by atoms with Gasteiger partial charge >= 0.3 is 0 Å². The first-order valence-corrected chi connectivity index (χ1v) is 9.02. The van der Waals surface area contributed by atoms with Crippen molar-refractivity contribution in [1.82, 2.24) is 9.97 Å². The zero-order valence-corrected chi connectivity index (χ0v) is 15.6. The second kappa shape index (κ2) is 6.35. The molecule has 1 fully saturated rings. The number of benzene rings is 1. The first-order chi connectivity index (χ1) is 10.1. The van der Waals surface area contributed by atoms with Crippen LogP contribution in [0.25, 0.3) is 11.4 Å². The van der Waals surface area contributed by atoms with Gasteiger partial charge in [0.25, 0.3) is 0 Å². The van der Waals surface area contributed by atoms with Gasteiger partial charge in [0.2, 0.25) is 0 Å². The van der Waals surface area contributed by atoms with Crippen LogP contribution >= 0.6 is 43.5 Å². The Hall–Kier alpha value is -0.450. The minimum atomic E-state index is 0.495. The van der Waals surface area contributed by atoms with Gasteiger partial charge in [-0.2, -0.15) is 0 Å². The Labute approximate surface area is 146 Å². The molecule has 0 atom stereocenters. The zero-order chi connectivity index (χ0) is 15.0. The van der Waals surface area contributed by atoms with Crippen LogP contribution in [-0.2, 0) is 0 Å². The third kappa shape index (κ3) is 3.17. The normalized spacial score (nSPS) is 15.6. The molecule has 1 aromatic carbocycles. The first-order valence-electron chi connectivity index (χ1n) is 7.05. The predicted molar refractivity (Wildman–Crippen MR) is 93.8 cm³/mol. The topological polar surface area (TPSA) is 25.8 Å². The molecule has 0 spiro atoms. The van der Waals surface area contributed by atoms with Gasteiger partial charge in [-0.1, -0.05) is 40.4 Å². The molecule has 0 saturated heterocycles. The van der Waals surface area contributed by atoms with Crippen LogP contribution in [0, 0.1) is 6.92 Å². The van der Waals surface area contributed by atoms with Crippen LogP contribution < -0.4 is 0 Å². The molecule has 3 rings (SSSR count). The summed E-state index contributed by atoms with van der Waals surface area (Å²) in [5.41, 5.74) is 3.23. The van der Waals surface area contributed by atoms with E-state index in [2.05, 4.69) is 49.8 Å². The van der Waals surface area contributed by atoms with Crippen LogP contribution in [0.2, 0.25) is 5.15 Å². The Morgan fingerprint density at radius 3 is 2.52 bits per heavy atom. The van der Waals surface area contributed by atoms with Crippen molar-refractivity contribution >= 4 is 43.5 Å². The van der Waals surface area contributed by atoms with Crippen molar-refractivity contribution in [2.75, 3.05) is 0 Å². The maximum absolute atomic E-state index is 6.32. The Morgan fingerprint density at radius 1 is 1.14 bits per heavy atom. The fraction of sp³-hybridized carbons (Fsp3) is 0.375. The Morgan fingerprint density at radius 2 is 1.86 bits per heavy atom. The van der Waals surface area contributed by atoms with Crippen LogP contribution in [-0.4, -0.2) is 9.97 Å². The lowest BCUT2D eigenvalue weighted by atomic mass is 10.0. The number of hydrogen-bond donors (Lipinski definition) is 0. The lowest BCUT2D eigenvalue weighted by Crippen LogP contribution is -2.03. The van der Waals surface area contributed by atoms with Gasteiger partial charge in [0, 0.05) is 16.0 Å². The van der Waals surface area contributed by atoms with Gasteiger partial charge in [0.1, 0.15) is 5.15 Å². The van der Waals surface area contributed by atoms with E-state index in [1.165, 1.54) is 25.7 Å². The standard InChI is InChI=1S/C16H15Br2ClN2/c1-9-8-11(17)6-7-12(9)16-20-14(10-4-2-3-5-10)13(18)15(19)21-16/h6-8,10H,2-5H2,1H3. The molecule has 0 radical (unpaired) electrons. The quantitative estimate of drug-likeness (QED) is 0.524. The minimum absolute atomic E-state index is 0.495. The van der Waals surface area contributed by atoms with Crippen molar-refractivity contribution in [3.8, 4) is 11.4 Å². The fourth-order valence-corrected chi connectivity index (χ4v) is 4.06. The molecule has 0 bridgehead atoms. The maximum Gasteiger partial charge on any atom is 0.161 e. The Bertz CT molecular complexity index is 682. The molecule has 2 aromatic rings. The van der Waals surface area contributed by atoms with E-state index in [1.807, 2.05) is 12.1 Å². The van der Waals surface area contributed by atoms with E-state index in [0.29, 0.717) is 11.1 Å². The van der Waals surface area contributed by atoms with E-state index in [9.17, 15) is 0 Å². The highest BCUT2D eigenvalue weighted by atomic mass is 79.9. The molecule has 0 amide bonds. The average Bonchev–Trinajstić information content (AvgIpc) is 2.96. The van der Waals surface area contributed by atoms with Crippen molar-refractivity contribution in [3.63, 3.8) is 0 Å². The maximum atomic E-state index is 6.32. The molecule has 0 unspecified atom stereocenters. The van der Waals surface area contributed by atoms with Crippen molar-refractivity contribution in [2.45, 2.75) is 38.5 Å². The molecule has 1 heterocycles. The van der Waals surface area contributed by atoms with Crippen molar-refractivity contribution in [3.05, 3.63) is 43.6 Å². The first kappa shape index (κ1) is 15.4. The van der Waals surface area contributed by atoms with Gasteiger partial charge in [-0.15, -0.1) is 0 Å². The molecule has 110 valence electrons. The second-order valence-electron chi connectivity index (χ2n) is 5.48. The molecule has 0 N–H and O–H groups in total. The zero-order valence-electron chi connectivity index (χ0n) is 11.7. The highest BCUT2D eigenvalue weighted by molar-refractivity contribution is 9.10. The summed E-state index contributed by atoms with van der Waals surface area (Å²) in [5, 5.41) is 0.504. The number of hydrogen-bond acceptors (Lipinski definition) is 2. The summed E-state index contributed by atoms with van der Waals surface area (Å²) in [4.78, 5) is 9.28. The van der Waals surface area contributed by atoms with E-state index in [4.69, 9.17) is 16.6 Å². The van der Waals surface area contributed by atoms with E-state index in [1.54, 1.807) is 0 Å². The molecular weight excluding hydrogens is 415 g/mol. The summed E-state index contributed by atoms with van der Waals surface area (Å²) in [6.45, 7) is 2.06. The summed E-state index contributed by atoms with van der Waals surface area (Å²) < 4.78 is 1.91. The van der Waals surface area contributed by atoms with Gasteiger partial charge in [-0.05, 0) is 59.5 Å². The highest BCUT2D eigenvalue weighted by Crippen LogP contribution is 2.39. The molecule has 1 saturated carbocycles. The van der Waals surface area contributed by atoms with Crippen molar-refractivity contribution < 1.29 is 0 Å². The van der Waals surface area contributed by atoms with Gasteiger partial charge in [0.05, 0.1) is 10.2 Å². The van der Waals surface area contributed by atoms with Crippen LogP contribution in [0.3, 0.4) is 0 Å². The lowest BCUT2D eigenvalue weighted by molar-refractivity contribution is 0.690. The molecule has 0 aliphatic heterocycles. The van der Waals surface area contributed by atoms with E-state index < -0.39 is 0 Å². The van der Waals surface area contributed by atoms with Crippen LogP contribution in [0.15, 0.2) is 27.1 Å². The van der Waals surface area contributed by atoms with Crippen molar-refractivity contribution in [1.29, 1.82) is 0 Å². The fourth-order valence-electron chi connectivity index (χ4n) is 2.90. The van der Waals surface area contributed by atoms with Gasteiger partial charge in [-0.3, -0.25) is 0 Å². The van der Waals surface area contributed by atoms with Crippen molar-refractivity contribution in [2.24, 2.45) is 0 Å². The summed E-state index contributed by atoms with van der Waals surface area (Å²) in [5.74, 6) is 1.21. The number of rotatable bonds is 2. The largest absolute Gasteiger partial charge is 0.231 e. The summed E-state index contributed by atoms with van der Waals surface area (Å²) in [7, 11) is 0. The molecule has 1 aliphatic carbocycles. The molecule has 5 heteroatoms.